The zero-order valence-corrected chi connectivity index (χ0v) is 15.1. The molecule has 0 unspecified atom stereocenters. The van der Waals surface area contributed by atoms with E-state index in [1.54, 1.807) is 0 Å². The Kier molecular flexibility index (Phi) is 5.25. The minimum Gasteiger partial charge on any atom is -0.312 e. The fourth-order valence-electron chi connectivity index (χ4n) is 3.63. The van der Waals surface area contributed by atoms with Crippen molar-refractivity contribution in [1.29, 1.82) is 0 Å². The van der Waals surface area contributed by atoms with E-state index in [1.807, 2.05) is 23.1 Å². The maximum Gasteiger partial charge on any atom is 0.227 e. The van der Waals surface area contributed by atoms with E-state index in [2.05, 4.69) is 38.1 Å². The molecule has 126 valence electrons. The topological polar surface area (TPSA) is 20.3 Å². The van der Waals surface area contributed by atoms with Gasteiger partial charge in [0.2, 0.25) is 5.91 Å². The molecule has 1 aliphatic rings. The molecule has 3 heteroatoms. The van der Waals surface area contributed by atoms with E-state index in [4.69, 9.17) is 11.6 Å². The van der Waals surface area contributed by atoms with Gasteiger partial charge in [-0.15, -0.1) is 0 Å². The van der Waals surface area contributed by atoms with Crippen LogP contribution in [0.1, 0.15) is 51.0 Å². The van der Waals surface area contributed by atoms with Crippen molar-refractivity contribution in [1.82, 2.24) is 0 Å². The molecule has 2 nitrogen and oxygen atoms in total. The van der Waals surface area contributed by atoms with Crippen LogP contribution in [0.15, 0.2) is 42.5 Å². The summed E-state index contributed by atoms with van der Waals surface area (Å²) < 4.78 is 0. The second kappa shape index (κ2) is 7.40. The summed E-state index contributed by atoms with van der Waals surface area (Å²) in [5, 5.41) is 0.752. The van der Waals surface area contributed by atoms with Gasteiger partial charge in [-0.05, 0) is 66.1 Å². The Balaban J connectivity index is 2.05. The third-order valence-electron chi connectivity index (χ3n) is 4.98. The number of benzene rings is 2. The van der Waals surface area contributed by atoms with Crippen LogP contribution < -0.4 is 4.90 Å². The van der Waals surface area contributed by atoms with Crippen LogP contribution in [-0.2, 0) is 4.79 Å². The largest absolute Gasteiger partial charge is 0.312 e. The third-order valence-corrected chi connectivity index (χ3v) is 5.22. The van der Waals surface area contributed by atoms with E-state index in [0.717, 1.165) is 42.1 Å². The summed E-state index contributed by atoms with van der Waals surface area (Å²) in [7, 11) is 0. The summed E-state index contributed by atoms with van der Waals surface area (Å²) in [4.78, 5) is 13.9. The van der Waals surface area contributed by atoms with E-state index in [-0.39, 0.29) is 5.91 Å². The van der Waals surface area contributed by atoms with Crippen LogP contribution in [0.25, 0.3) is 11.1 Å². The maximum absolute atomic E-state index is 12.0. The number of amides is 1. The van der Waals surface area contributed by atoms with Gasteiger partial charge in [0.15, 0.2) is 0 Å². The number of halogens is 1. The quantitative estimate of drug-likeness (QED) is 0.649. The predicted molar refractivity (Wildman–Crippen MR) is 102 cm³/mol. The van der Waals surface area contributed by atoms with Crippen molar-refractivity contribution in [2.24, 2.45) is 0 Å². The molecule has 0 aromatic heterocycles. The van der Waals surface area contributed by atoms with Crippen LogP contribution in [-0.4, -0.2) is 12.5 Å². The number of hydrogen-bond donors (Lipinski definition) is 0. The molecule has 2 aromatic rings. The Labute approximate surface area is 149 Å². The molecule has 1 saturated heterocycles. The molecule has 1 heterocycles. The Morgan fingerprint density at radius 2 is 1.92 bits per heavy atom. The number of anilines is 1. The van der Waals surface area contributed by atoms with Gasteiger partial charge in [0.25, 0.3) is 0 Å². The van der Waals surface area contributed by atoms with Gasteiger partial charge in [0, 0.05) is 23.7 Å². The minimum atomic E-state index is 0.221. The zero-order valence-electron chi connectivity index (χ0n) is 14.4. The molecule has 0 saturated carbocycles. The van der Waals surface area contributed by atoms with Crippen molar-refractivity contribution < 1.29 is 4.79 Å². The lowest BCUT2D eigenvalue weighted by Crippen LogP contribution is -2.23. The molecule has 0 spiro atoms. The molecule has 0 radical (unpaired) electrons. The van der Waals surface area contributed by atoms with E-state index in [0.29, 0.717) is 12.3 Å². The maximum atomic E-state index is 12.0. The van der Waals surface area contributed by atoms with Gasteiger partial charge in [0.05, 0.1) is 0 Å². The second-order valence-corrected chi connectivity index (χ2v) is 6.88. The standard InChI is InChI=1S/C21H24ClNO/c1-3-15(4-2)19-11-10-17(22)14-20(19)16-7-5-8-18(13-16)23-12-6-9-21(23)24/h5,7-8,10-11,13-15H,3-4,6,9,12H2,1-2H3. The van der Waals surface area contributed by atoms with Crippen molar-refractivity contribution in [3.8, 4) is 11.1 Å². The second-order valence-electron chi connectivity index (χ2n) is 6.44. The smallest absolute Gasteiger partial charge is 0.227 e. The molecular formula is C21H24ClNO. The Morgan fingerprint density at radius 3 is 2.58 bits per heavy atom. The molecule has 2 aromatic carbocycles. The minimum absolute atomic E-state index is 0.221. The number of rotatable bonds is 5. The first kappa shape index (κ1) is 17.0. The average molecular weight is 342 g/mol. The molecule has 1 fully saturated rings. The van der Waals surface area contributed by atoms with Crippen molar-refractivity contribution in [3.63, 3.8) is 0 Å². The molecule has 0 N–H and O–H groups in total. The fraction of sp³-hybridized carbons (Fsp3) is 0.381. The van der Waals surface area contributed by atoms with E-state index >= 15 is 0 Å². The molecular weight excluding hydrogens is 318 g/mol. The van der Waals surface area contributed by atoms with Crippen LogP contribution in [0.4, 0.5) is 5.69 Å². The van der Waals surface area contributed by atoms with Crippen LogP contribution in [0.5, 0.6) is 0 Å². The summed E-state index contributed by atoms with van der Waals surface area (Å²) in [5.74, 6) is 0.743. The first-order valence-corrected chi connectivity index (χ1v) is 9.22. The highest BCUT2D eigenvalue weighted by Gasteiger charge is 2.22. The van der Waals surface area contributed by atoms with Crippen LogP contribution in [0, 0.1) is 0 Å². The van der Waals surface area contributed by atoms with Crippen LogP contribution in [0.3, 0.4) is 0 Å². The SMILES string of the molecule is CCC(CC)c1ccc(Cl)cc1-c1cccc(N2CCCC2=O)c1. The van der Waals surface area contributed by atoms with Gasteiger partial charge < -0.3 is 4.90 Å². The lowest BCUT2D eigenvalue weighted by molar-refractivity contribution is -0.117. The average Bonchev–Trinajstić information content (AvgIpc) is 3.03. The molecule has 1 amide bonds. The third kappa shape index (κ3) is 3.34. The van der Waals surface area contributed by atoms with Crippen LogP contribution >= 0.6 is 11.6 Å². The number of nitrogens with zero attached hydrogens (tertiary/aromatic N) is 1. The highest BCUT2D eigenvalue weighted by molar-refractivity contribution is 6.30. The molecule has 24 heavy (non-hydrogen) atoms. The molecule has 1 aliphatic heterocycles. The number of carbonyl (C=O) groups is 1. The molecule has 3 rings (SSSR count). The van der Waals surface area contributed by atoms with Crippen LogP contribution in [0.2, 0.25) is 5.02 Å². The van der Waals surface area contributed by atoms with Gasteiger partial charge in [-0.2, -0.15) is 0 Å². The summed E-state index contributed by atoms with van der Waals surface area (Å²) in [5.41, 5.74) is 4.65. The summed E-state index contributed by atoms with van der Waals surface area (Å²) in [6.07, 6.45) is 3.81. The van der Waals surface area contributed by atoms with E-state index in [9.17, 15) is 4.79 Å². The van der Waals surface area contributed by atoms with Gasteiger partial charge in [0.1, 0.15) is 0 Å². The first-order chi connectivity index (χ1) is 11.6. The van der Waals surface area contributed by atoms with Crippen molar-refractivity contribution >= 4 is 23.2 Å². The summed E-state index contributed by atoms with van der Waals surface area (Å²) in [6.45, 7) is 5.27. The molecule has 0 aliphatic carbocycles. The Hall–Kier alpha value is -1.80. The monoisotopic (exact) mass is 341 g/mol. The van der Waals surface area contributed by atoms with Crippen molar-refractivity contribution in [3.05, 3.63) is 53.1 Å². The zero-order chi connectivity index (χ0) is 17.1. The first-order valence-electron chi connectivity index (χ1n) is 8.84. The Morgan fingerprint density at radius 1 is 1.12 bits per heavy atom. The predicted octanol–water partition coefficient (Wildman–Crippen LogP) is 6.04. The molecule has 0 bridgehead atoms. The van der Waals surface area contributed by atoms with Gasteiger partial charge in [-0.3, -0.25) is 4.79 Å². The van der Waals surface area contributed by atoms with E-state index < -0.39 is 0 Å². The van der Waals surface area contributed by atoms with E-state index in [1.165, 1.54) is 11.1 Å². The van der Waals surface area contributed by atoms with Gasteiger partial charge >= 0.3 is 0 Å². The van der Waals surface area contributed by atoms with Gasteiger partial charge in [-0.25, -0.2) is 0 Å². The summed E-state index contributed by atoms with van der Waals surface area (Å²) >= 11 is 6.28. The lowest BCUT2D eigenvalue weighted by atomic mass is 9.87. The Bertz CT molecular complexity index is 736. The number of carbonyl (C=O) groups excluding carboxylic acids is 1. The van der Waals surface area contributed by atoms with Crippen molar-refractivity contribution in [2.45, 2.75) is 45.4 Å². The van der Waals surface area contributed by atoms with Crippen molar-refractivity contribution in [2.75, 3.05) is 11.4 Å². The normalized spacial score (nSPS) is 14.7. The fourth-order valence-corrected chi connectivity index (χ4v) is 3.80. The van der Waals surface area contributed by atoms with Gasteiger partial charge in [-0.1, -0.05) is 43.6 Å². The lowest BCUT2D eigenvalue weighted by Gasteiger charge is -2.20. The summed E-state index contributed by atoms with van der Waals surface area (Å²) in [6, 6.07) is 14.5. The highest BCUT2D eigenvalue weighted by atomic mass is 35.5. The highest BCUT2D eigenvalue weighted by Crippen LogP contribution is 2.36. The molecule has 0 atom stereocenters. The number of hydrogen-bond acceptors (Lipinski definition) is 1.